The number of hydrazine groups is 1. The van der Waals surface area contributed by atoms with Gasteiger partial charge < -0.3 is 10.2 Å². The standard InChI is InChI=1S/C28H29ClN4O2/c1-4-32(5-2)24-16-8-20(9-17-24)18-33-26(21-10-6-19(3)7-11-21)25(28(35)31-33)30-27(34)22-12-14-23(29)15-13-22/h6-18,25-26H,4-5H2,1-3H3,(H-,30,31,34,35)/p+1/t25-,26-/m0/s1. The van der Waals surface area contributed by atoms with Crippen LogP contribution in [0, 0.1) is 6.92 Å². The summed E-state index contributed by atoms with van der Waals surface area (Å²) in [7, 11) is 0. The molecule has 2 amide bonds. The van der Waals surface area contributed by atoms with Gasteiger partial charge in [-0.25, -0.2) is 0 Å². The minimum Gasteiger partial charge on any atom is -0.372 e. The Balaban J connectivity index is 1.66. The average Bonchev–Trinajstić information content (AvgIpc) is 3.16. The highest BCUT2D eigenvalue weighted by Gasteiger charge is 2.47. The molecule has 3 aromatic rings. The number of carbonyl (C=O) groups is 2. The average molecular weight is 490 g/mol. The van der Waals surface area contributed by atoms with Crippen LogP contribution in [0.4, 0.5) is 5.69 Å². The third kappa shape index (κ3) is 5.54. The highest BCUT2D eigenvalue weighted by atomic mass is 35.5. The van der Waals surface area contributed by atoms with Gasteiger partial charge in [0.2, 0.25) is 12.3 Å². The van der Waals surface area contributed by atoms with Crippen molar-refractivity contribution < 1.29 is 14.3 Å². The summed E-state index contributed by atoms with van der Waals surface area (Å²) in [6.07, 6.45) is 1.91. The molecule has 0 saturated carbocycles. The number of halogens is 1. The molecular formula is C28H30ClN4O2+. The maximum Gasteiger partial charge on any atom is 0.304 e. The lowest BCUT2D eigenvalue weighted by Gasteiger charge is -2.20. The van der Waals surface area contributed by atoms with Crippen molar-refractivity contribution in [2.24, 2.45) is 0 Å². The number of aryl methyl sites for hydroxylation is 1. The van der Waals surface area contributed by atoms with E-state index in [1.54, 1.807) is 28.9 Å². The number of amides is 2. The quantitative estimate of drug-likeness (QED) is 0.480. The molecule has 0 radical (unpaired) electrons. The highest BCUT2D eigenvalue weighted by molar-refractivity contribution is 6.30. The van der Waals surface area contributed by atoms with E-state index in [9.17, 15) is 9.59 Å². The van der Waals surface area contributed by atoms with Crippen LogP contribution in [-0.2, 0) is 4.79 Å². The lowest BCUT2D eigenvalue weighted by molar-refractivity contribution is -0.596. The second-order valence-corrected chi connectivity index (χ2v) is 9.03. The molecule has 1 aliphatic heterocycles. The van der Waals surface area contributed by atoms with E-state index in [1.165, 1.54) is 0 Å². The van der Waals surface area contributed by atoms with Gasteiger partial charge in [0.25, 0.3) is 5.91 Å². The predicted molar refractivity (Wildman–Crippen MR) is 140 cm³/mol. The van der Waals surface area contributed by atoms with Crippen molar-refractivity contribution in [3.8, 4) is 0 Å². The summed E-state index contributed by atoms with van der Waals surface area (Å²) in [4.78, 5) is 28.3. The summed E-state index contributed by atoms with van der Waals surface area (Å²) >= 11 is 5.96. The van der Waals surface area contributed by atoms with Gasteiger partial charge in [0.05, 0.1) is 0 Å². The SMILES string of the molecule is CCN(CC)c1ccc(/C=[N+]2\NC(=O)[C@@H](NC(=O)c3ccc(Cl)cc3)[C@@H]2c2ccc(C)cc2)cc1. The van der Waals surface area contributed by atoms with E-state index >= 15 is 0 Å². The van der Waals surface area contributed by atoms with Crippen LogP contribution >= 0.6 is 11.6 Å². The molecule has 1 saturated heterocycles. The van der Waals surface area contributed by atoms with Crippen LogP contribution in [0.1, 0.15) is 46.9 Å². The van der Waals surface area contributed by atoms with Crippen molar-refractivity contribution >= 4 is 35.3 Å². The van der Waals surface area contributed by atoms with Crippen LogP contribution < -0.4 is 15.6 Å². The topological polar surface area (TPSA) is 64.5 Å². The van der Waals surface area contributed by atoms with Crippen LogP contribution in [-0.4, -0.2) is 41.8 Å². The molecule has 2 atom stereocenters. The van der Waals surface area contributed by atoms with E-state index in [2.05, 4.69) is 41.6 Å². The Morgan fingerprint density at radius 2 is 1.63 bits per heavy atom. The number of anilines is 1. The minimum absolute atomic E-state index is 0.270. The molecule has 4 rings (SSSR count). The molecule has 2 N–H and O–H groups in total. The zero-order chi connectivity index (χ0) is 24.9. The van der Waals surface area contributed by atoms with Gasteiger partial charge >= 0.3 is 5.91 Å². The third-order valence-electron chi connectivity index (χ3n) is 6.26. The zero-order valence-electron chi connectivity index (χ0n) is 20.2. The van der Waals surface area contributed by atoms with Crippen molar-refractivity contribution in [2.45, 2.75) is 32.9 Å². The summed E-state index contributed by atoms with van der Waals surface area (Å²) in [6, 6.07) is 21.6. The Kier molecular flexibility index (Phi) is 7.51. The number of rotatable bonds is 7. The lowest BCUT2D eigenvalue weighted by atomic mass is 9.98. The molecule has 35 heavy (non-hydrogen) atoms. The Morgan fingerprint density at radius 3 is 2.23 bits per heavy atom. The number of nitrogens with one attached hydrogen (secondary N) is 2. The van der Waals surface area contributed by atoms with E-state index < -0.39 is 12.1 Å². The number of nitrogens with zero attached hydrogens (tertiary/aromatic N) is 2. The third-order valence-corrected chi connectivity index (χ3v) is 6.51. The number of hydrogen-bond acceptors (Lipinski definition) is 3. The predicted octanol–water partition coefficient (Wildman–Crippen LogP) is 4.51. The van der Waals surface area contributed by atoms with Gasteiger partial charge in [0, 0.05) is 40.5 Å². The van der Waals surface area contributed by atoms with Crippen LogP contribution in [0.5, 0.6) is 0 Å². The Bertz CT molecular complexity index is 1220. The Labute approximate surface area is 211 Å². The van der Waals surface area contributed by atoms with Gasteiger partial charge in [0.1, 0.15) is 0 Å². The van der Waals surface area contributed by atoms with Crippen molar-refractivity contribution in [1.82, 2.24) is 10.7 Å². The monoisotopic (exact) mass is 489 g/mol. The van der Waals surface area contributed by atoms with Crippen LogP contribution in [0.15, 0.2) is 72.8 Å². The van der Waals surface area contributed by atoms with Crippen molar-refractivity contribution in [3.05, 3.63) is 100 Å². The van der Waals surface area contributed by atoms with Crippen molar-refractivity contribution in [3.63, 3.8) is 0 Å². The number of hydrogen-bond donors (Lipinski definition) is 2. The van der Waals surface area contributed by atoms with Gasteiger partial charge in [-0.3, -0.25) is 9.59 Å². The normalized spacial score (nSPS) is 18.4. The fraction of sp³-hybridized carbons (Fsp3) is 0.250. The molecular weight excluding hydrogens is 460 g/mol. The van der Waals surface area contributed by atoms with Gasteiger partial charge in [-0.1, -0.05) is 41.4 Å². The lowest BCUT2D eigenvalue weighted by Crippen LogP contribution is -2.42. The number of benzene rings is 3. The summed E-state index contributed by atoms with van der Waals surface area (Å²) in [6.45, 7) is 8.16. The number of carbonyl (C=O) groups excluding carboxylic acids is 2. The minimum atomic E-state index is -0.771. The number of hydrazone groups is 1. The van der Waals surface area contributed by atoms with Gasteiger partial charge in [0.15, 0.2) is 6.04 Å². The Hall–Kier alpha value is -3.64. The van der Waals surface area contributed by atoms with Crippen LogP contribution in [0.25, 0.3) is 0 Å². The first-order valence-electron chi connectivity index (χ1n) is 11.8. The summed E-state index contributed by atoms with van der Waals surface area (Å²) in [5.41, 5.74) is 7.52. The second-order valence-electron chi connectivity index (χ2n) is 8.59. The molecule has 3 aromatic carbocycles. The van der Waals surface area contributed by atoms with E-state index in [-0.39, 0.29) is 11.8 Å². The molecule has 1 fully saturated rings. The first kappa shape index (κ1) is 24.5. The van der Waals surface area contributed by atoms with Crippen molar-refractivity contribution in [1.29, 1.82) is 0 Å². The molecule has 180 valence electrons. The second kappa shape index (κ2) is 10.7. The first-order valence-corrected chi connectivity index (χ1v) is 12.2. The fourth-order valence-corrected chi connectivity index (χ4v) is 4.42. The molecule has 0 spiro atoms. The molecule has 1 heterocycles. The van der Waals surface area contributed by atoms with E-state index in [0.717, 1.165) is 35.5 Å². The highest BCUT2D eigenvalue weighted by Crippen LogP contribution is 2.26. The fourth-order valence-electron chi connectivity index (χ4n) is 4.29. The molecule has 0 bridgehead atoms. The summed E-state index contributed by atoms with van der Waals surface area (Å²) in [5.74, 6) is -0.599. The largest absolute Gasteiger partial charge is 0.372 e. The molecule has 0 unspecified atom stereocenters. The maximum absolute atomic E-state index is 13.1. The van der Waals surface area contributed by atoms with Crippen molar-refractivity contribution in [2.75, 3.05) is 18.0 Å². The maximum atomic E-state index is 13.1. The first-order chi connectivity index (χ1) is 16.9. The van der Waals surface area contributed by atoms with Gasteiger partial charge in [-0.15, -0.1) is 10.1 Å². The van der Waals surface area contributed by atoms with Gasteiger partial charge in [-0.05, 0) is 69.3 Å². The molecule has 7 heteroatoms. The molecule has 0 aliphatic carbocycles. The molecule has 6 nitrogen and oxygen atoms in total. The van der Waals surface area contributed by atoms with E-state index in [1.807, 2.05) is 49.5 Å². The smallest absolute Gasteiger partial charge is 0.304 e. The van der Waals surface area contributed by atoms with Crippen LogP contribution in [0.3, 0.4) is 0 Å². The van der Waals surface area contributed by atoms with Gasteiger partial charge in [-0.2, -0.15) is 0 Å². The molecule has 1 aliphatic rings. The van der Waals surface area contributed by atoms with Crippen LogP contribution in [0.2, 0.25) is 5.02 Å². The summed E-state index contributed by atoms with van der Waals surface area (Å²) < 4.78 is 1.78. The van der Waals surface area contributed by atoms with E-state index in [4.69, 9.17) is 11.6 Å². The zero-order valence-corrected chi connectivity index (χ0v) is 20.9. The summed E-state index contributed by atoms with van der Waals surface area (Å²) in [5, 5.41) is 3.47. The Morgan fingerprint density at radius 1 is 1.00 bits per heavy atom. The van der Waals surface area contributed by atoms with E-state index in [0.29, 0.717) is 10.6 Å². The molecule has 0 aromatic heterocycles.